The van der Waals surface area contributed by atoms with E-state index in [1.807, 2.05) is 17.5 Å². The third-order valence-corrected chi connectivity index (χ3v) is 7.08. The molecule has 6 nitrogen and oxygen atoms in total. The molecule has 1 amide bonds. The minimum atomic E-state index is -3.81. The van der Waals surface area contributed by atoms with Gasteiger partial charge in [0.2, 0.25) is 5.91 Å². The van der Waals surface area contributed by atoms with E-state index in [1.165, 1.54) is 23.5 Å². The van der Waals surface area contributed by atoms with Gasteiger partial charge in [0, 0.05) is 17.1 Å². The Morgan fingerprint density at radius 1 is 1.46 bits per heavy atom. The van der Waals surface area contributed by atoms with Crippen LogP contribution in [0.15, 0.2) is 35.7 Å². The molecule has 0 unspecified atom stereocenters. The molecule has 1 aliphatic rings. The molecule has 0 saturated carbocycles. The lowest BCUT2D eigenvalue weighted by Gasteiger charge is -2.37. The Kier molecular flexibility index (Phi) is 5.64. The van der Waals surface area contributed by atoms with Crippen LogP contribution in [0.5, 0.6) is 0 Å². The average molecular weight is 418 g/mol. The molecule has 3 rings (SSSR count). The van der Waals surface area contributed by atoms with Crippen LogP contribution >= 0.6 is 22.9 Å². The van der Waals surface area contributed by atoms with E-state index in [9.17, 15) is 17.6 Å². The predicted molar refractivity (Wildman–Crippen MR) is 99.9 cm³/mol. The molecule has 0 radical (unpaired) electrons. The zero-order chi connectivity index (χ0) is 18.9. The maximum absolute atomic E-state index is 13.3. The zero-order valence-electron chi connectivity index (χ0n) is 13.8. The van der Waals surface area contributed by atoms with E-state index in [2.05, 4.69) is 10.0 Å². The number of nitrogens with one attached hydrogen (secondary N) is 2. The van der Waals surface area contributed by atoms with Crippen LogP contribution in [-0.4, -0.2) is 31.2 Å². The third-order valence-electron chi connectivity index (χ3n) is 4.09. The van der Waals surface area contributed by atoms with Crippen LogP contribution in [0.3, 0.4) is 0 Å². The summed E-state index contributed by atoms with van der Waals surface area (Å²) in [5.41, 5.74) is 0.307. The summed E-state index contributed by atoms with van der Waals surface area (Å²) in [5, 5.41) is 4.36. The van der Waals surface area contributed by atoms with Crippen molar-refractivity contribution in [3.05, 3.63) is 51.4 Å². The predicted octanol–water partition coefficient (Wildman–Crippen LogP) is 3.15. The quantitative estimate of drug-likeness (QED) is 0.802. The van der Waals surface area contributed by atoms with Crippen LogP contribution in [0.4, 0.5) is 10.1 Å². The van der Waals surface area contributed by atoms with Gasteiger partial charge < -0.3 is 5.32 Å². The van der Waals surface area contributed by atoms with Crippen molar-refractivity contribution < 1.29 is 17.6 Å². The fraction of sp³-hybridized carbons (Fsp3) is 0.312. The number of carbonyl (C=O) groups excluding carboxylic acids is 1. The highest BCUT2D eigenvalue weighted by atomic mass is 35.5. The van der Waals surface area contributed by atoms with Crippen LogP contribution < -0.4 is 10.0 Å². The molecule has 1 aliphatic heterocycles. The minimum absolute atomic E-state index is 0.121. The number of hydrogen-bond donors (Lipinski definition) is 2. The van der Waals surface area contributed by atoms with Crippen molar-refractivity contribution in [2.45, 2.75) is 25.4 Å². The molecule has 1 aromatic heterocycles. The number of carbonyl (C=O) groups is 1. The van der Waals surface area contributed by atoms with Crippen molar-refractivity contribution in [3.63, 3.8) is 0 Å². The van der Waals surface area contributed by atoms with Gasteiger partial charge in [-0.3, -0.25) is 4.79 Å². The Morgan fingerprint density at radius 3 is 2.85 bits per heavy atom. The van der Waals surface area contributed by atoms with Crippen molar-refractivity contribution >= 4 is 44.7 Å². The van der Waals surface area contributed by atoms with Crippen LogP contribution in [0, 0.1) is 5.82 Å². The summed E-state index contributed by atoms with van der Waals surface area (Å²) in [4.78, 5) is 13.6. The van der Waals surface area contributed by atoms with E-state index < -0.39 is 34.0 Å². The molecular formula is C16H17ClFN3O3S2. The van der Waals surface area contributed by atoms with Gasteiger partial charge in [-0.1, -0.05) is 24.6 Å². The number of thiophene rings is 1. The molecule has 140 valence electrons. The average Bonchev–Trinajstić information content (AvgIpc) is 3.11. The highest BCUT2D eigenvalue weighted by molar-refractivity contribution is 7.87. The Balaban J connectivity index is 1.86. The Hall–Kier alpha value is -1.52. The van der Waals surface area contributed by atoms with Gasteiger partial charge in [0.1, 0.15) is 11.9 Å². The van der Waals surface area contributed by atoms with Gasteiger partial charge in [0.15, 0.2) is 0 Å². The molecule has 0 aliphatic carbocycles. The summed E-state index contributed by atoms with van der Waals surface area (Å²) in [5.74, 6) is -1.08. The SMILES string of the molecule is CCN1[C@@H](C(=O)Nc2ccc(F)c(Cl)c2)C[C@@H](c2cccs2)NS1(=O)=O. The van der Waals surface area contributed by atoms with E-state index in [-0.39, 0.29) is 18.0 Å². The molecule has 1 saturated heterocycles. The van der Waals surface area contributed by atoms with Crippen LogP contribution in [0.25, 0.3) is 0 Å². The number of amides is 1. The second kappa shape index (κ2) is 7.61. The van der Waals surface area contributed by atoms with Gasteiger partial charge in [0.05, 0.1) is 11.1 Å². The first-order valence-corrected chi connectivity index (χ1v) is 10.6. The maximum Gasteiger partial charge on any atom is 0.280 e. The van der Waals surface area contributed by atoms with Crippen molar-refractivity contribution in [3.8, 4) is 0 Å². The highest BCUT2D eigenvalue weighted by Crippen LogP contribution is 2.31. The largest absolute Gasteiger partial charge is 0.325 e. The lowest BCUT2D eigenvalue weighted by molar-refractivity contribution is -0.120. The first-order chi connectivity index (χ1) is 12.3. The van der Waals surface area contributed by atoms with Crippen molar-refractivity contribution in [2.75, 3.05) is 11.9 Å². The third kappa shape index (κ3) is 3.91. The Bertz CT molecular complexity index is 905. The highest BCUT2D eigenvalue weighted by Gasteiger charge is 2.42. The molecule has 2 atom stereocenters. The van der Waals surface area contributed by atoms with Gasteiger partial charge in [-0.25, -0.2) is 4.39 Å². The van der Waals surface area contributed by atoms with Crippen molar-refractivity contribution in [2.24, 2.45) is 0 Å². The number of rotatable bonds is 4. The van der Waals surface area contributed by atoms with Crippen molar-refractivity contribution in [1.82, 2.24) is 9.03 Å². The van der Waals surface area contributed by atoms with Crippen molar-refractivity contribution in [1.29, 1.82) is 0 Å². The van der Waals surface area contributed by atoms with Crippen LogP contribution in [0.1, 0.15) is 24.3 Å². The number of halogens is 2. The fourth-order valence-corrected chi connectivity index (χ4v) is 5.52. The van der Waals surface area contributed by atoms with Gasteiger partial charge in [-0.05, 0) is 36.1 Å². The monoisotopic (exact) mass is 417 g/mol. The standard InChI is InChI=1S/C16H17ClFN3O3S2/c1-2-21-14(16(22)19-10-5-6-12(18)11(17)8-10)9-13(20-26(21,23)24)15-4-3-7-25-15/h3-8,13-14,20H,2,9H2,1H3,(H,19,22)/t13-,14+/m0/s1. The summed E-state index contributed by atoms with van der Waals surface area (Å²) < 4.78 is 42.1. The second-order valence-corrected chi connectivity index (χ2v) is 8.81. The molecule has 0 spiro atoms. The van der Waals surface area contributed by atoms with E-state index >= 15 is 0 Å². The van der Waals surface area contributed by atoms with E-state index in [0.717, 1.165) is 15.2 Å². The maximum atomic E-state index is 13.3. The molecule has 2 aromatic rings. The summed E-state index contributed by atoms with van der Waals surface area (Å²) >= 11 is 7.16. The minimum Gasteiger partial charge on any atom is -0.325 e. The van der Waals surface area contributed by atoms with Crippen LogP contribution in [-0.2, 0) is 15.0 Å². The lowest BCUT2D eigenvalue weighted by atomic mass is 10.1. The number of nitrogens with zero attached hydrogens (tertiary/aromatic N) is 1. The molecule has 10 heteroatoms. The molecule has 1 aromatic carbocycles. The fourth-order valence-electron chi connectivity index (χ4n) is 2.90. The topological polar surface area (TPSA) is 78.5 Å². The van der Waals surface area contributed by atoms with Gasteiger partial charge >= 0.3 is 0 Å². The van der Waals surface area contributed by atoms with E-state index in [0.29, 0.717) is 5.69 Å². The lowest BCUT2D eigenvalue weighted by Crippen LogP contribution is -2.57. The number of benzene rings is 1. The number of likely N-dealkylation sites (N-methyl/N-ethyl adjacent to an activating group) is 1. The Labute approximate surface area is 160 Å². The normalized spacial score (nSPS) is 22.9. The molecule has 0 bridgehead atoms. The second-order valence-electron chi connectivity index (χ2n) is 5.76. The molecular weight excluding hydrogens is 401 g/mol. The molecule has 26 heavy (non-hydrogen) atoms. The van der Waals surface area contributed by atoms with Gasteiger partial charge in [-0.2, -0.15) is 17.4 Å². The Morgan fingerprint density at radius 2 is 2.23 bits per heavy atom. The van der Waals surface area contributed by atoms with E-state index in [4.69, 9.17) is 11.6 Å². The molecule has 2 heterocycles. The molecule has 1 fully saturated rings. The summed E-state index contributed by atoms with van der Waals surface area (Å²) in [6.45, 7) is 1.81. The van der Waals surface area contributed by atoms with E-state index in [1.54, 1.807) is 6.92 Å². The van der Waals surface area contributed by atoms with Crippen LogP contribution in [0.2, 0.25) is 5.02 Å². The number of anilines is 1. The summed E-state index contributed by atoms with van der Waals surface area (Å²) in [7, 11) is -3.81. The van der Waals surface area contributed by atoms with Gasteiger partial charge in [-0.15, -0.1) is 11.3 Å². The summed E-state index contributed by atoms with van der Waals surface area (Å²) in [6, 6.07) is 6.10. The van der Waals surface area contributed by atoms with Gasteiger partial charge in [0.25, 0.3) is 10.2 Å². The first kappa shape index (κ1) is 19.2. The number of hydrogen-bond acceptors (Lipinski definition) is 4. The zero-order valence-corrected chi connectivity index (χ0v) is 16.2. The first-order valence-electron chi connectivity index (χ1n) is 7.90. The smallest absolute Gasteiger partial charge is 0.280 e. The summed E-state index contributed by atoms with van der Waals surface area (Å²) in [6.07, 6.45) is 0.286. The molecule has 2 N–H and O–H groups in total.